The lowest BCUT2D eigenvalue weighted by Crippen LogP contribution is -2.16. The average Bonchev–Trinajstić information content (AvgIpc) is 3.11. The molecule has 112 valence electrons. The van der Waals surface area contributed by atoms with Gasteiger partial charge in [-0.3, -0.25) is 0 Å². The van der Waals surface area contributed by atoms with Crippen LogP contribution in [0.3, 0.4) is 0 Å². The molecule has 0 amide bonds. The summed E-state index contributed by atoms with van der Waals surface area (Å²) in [4.78, 5) is 9.11. The number of nitrogens with zero attached hydrogens (tertiary/aromatic N) is 2. The second-order valence-corrected chi connectivity index (χ2v) is 5.10. The Morgan fingerprint density at radius 2 is 1.95 bits per heavy atom. The van der Waals surface area contributed by atoms with Crippen molar-refractivity contribution in [2.75, 3.05) is 16.9 Å². The number of hydrogen-bond acceptors (Lipinski definition) is 3. The summed E-state index contributed by atoms with van der Waals surface area (Å²) in [5.74, 6) is 0. The van der Waals surface area contributed by atoms with Crippen LogP contribution >= 0.6 is 0 Å². The third kappa shape index (κ3) is 1.97. The Labute approximate surface area is 123 Å². The topological polar surface area (TPSA) is 44.0 Å². The Morgan fingerprint density at radius 3 is 2.77 bits per heavy atom. The number of nitrogens with one attached hydrogen (secondary N) is 2. The highest BCUT2D eigenvalue weighted by Gasteiger charge is 2.32. The third-order valence-corrected chi connectivity index (χ3v) is 3.76. The molecule has 0 aliphatic carbocycles. The van der Waals surface area contributed by atoms with Gasteiger partial charge >= 0.3 is 6.18 Å². The Morgan fingerprint density at radius 1 is 1.09 bits per heavy atom. The smallest absolute Gasteiger partial charge is 0.366 e. The summed E-state index contributed by atoms with van der Waals surface area (Å²) in [5.41, 5.74) is 3.19. The summed E-state index contributed by atoms with van der Waals surface area (Å²) in [7, 11) is 0. The highest BCUT2D eigenvalue weighted by atomic mass is 19.4. The van der Waals surface area contributed by atoms with Crippen LogP contribution in [0, 0.1) is 0 Å². The highest BCUT2D eigenvalue weighted by Crippen LogP contribution is 2.41. The zero-order valence-corrected chi connectivity index (χ0v) is 11.3. The number of fused-ring (bicyclic) bond motifs is 2. The molecule has 0 atom stereocenters. The van der Waals surface area contributed by atoms with Gasteiger partial charge in [-0.1, -0.05) is 0 Å². The van der Waals surface area contributed by atoms with Crippen LogP contribution in [0.1, 0.15) is 5.56 Å². The van der Waals surface area contributed by atoms with E-state index in [0.29, 0.717) is 12.4 Å². The zero-order valence-electron chi connectivity index (χ0n) is 11.3. The fraction of sp³-hybridized carbons (Fsp3) is 0.133. The lowest BCUT2D eigenvalue weighted by Gasteiger charge is -2.18. The second kappa shape index (κ2) is 4.40. The van der Waals surface area contributed by atoms with Crippen molar-refractivity contribution in [1.82, 2.24) is 9.97 Å². The van der Waals surface area contributed by atoms with Crippen molar-refractivity contribution in [2.24, 2.45) is 0 Å². The summed E-state index contributed by atoms with van der Waals surface area (Å²) in [6.45, 7) is 0.427. The summed E-state index contributed by atoms with van der Waals surface area (Å²) < 4.78 is 38.3. The van der Waals surface area contributed by atoms with Crippen molar-refractivity contribution in [2.45, 2.75) is 6.18 Å². The first-order valence-electron chi connectivity index (χ1n) is 6.68. The number of hydrogen-bond donors (Lipinski definition) is 2. The summed E-state index contributed by atoms with van der Waals surface area (Å²) in [5, 5.41) is 3.00. The van der Waals surface area contributed by atoms with Gasteiger partial charge in [0.15, 0.2) is 0 Å². The van der Waals surface area contributed by atoms with Gasteiger partial charge in [0, 0.05) is 5.69 Å². The van der Waals surface area contributed by atoms with Crippen LogP contribution in [-0.2, 0) is 6.18 Å². The number of aromatic nitrogens is 2. The van der Waals surface area contributed by atoms with Crippen molar-refractivity contribution >= 4 is 28.1 Å². The molecular formula is C15H11F3N4. The van der Waals surface area contributed by atoms with E-state index in [1.807, 2.05) is 23.1 Å². The quantitative estimate of drug-likeness (QED) is 0.711. The molecular weight excluding hydrogens is 293 g/mol. The van der Waals surface area contributed by atoms with Crippen LogP contribution in [-0.4, -0.2) is 16.6 Å². The number of H-pyrrole nitrogens is 1. The standard InChI is InChI=1S/C15H11F3N4/c16-15(17,18)9-1-4-14-13(5-9)21-8-22(14)10-2-3-11-12(6-10)20-7-19-11/h1-7,21H,8H2,(H,19,20). The van der Waals surface area contributed by atoms with Crippen LogP contribution < -0.4 is 10.2 Å². The highest BCUT2D eigenvalue weighted by molar-refractivity contribution is 5.86. The van der Waals surface area contributed by atoms with Gasteiger partial charge in [0.1, 0.15) is 0 Å². The van der Waals surface area contributed by atoms with Gasteiger partial charge in [0.2, 0.25) is 0 Å². The normalized spacial score (nSPS) is 14.2. The van der Waals surface area contributed by atoms with Gasteiger partial charge in [0.05, 0.1) is 41.0 Å². The molecule has 2 aromatic carbocycles. The van der Waals surface area contributed by atoms with Gasteiger partial charge in [-0.2, -0.15) is 13.2 Å². The number of halogens is 3. The first-order chi connectivity index (χ1) is 10.5. The molecule has 7 heteroatoms. The number of rotatable bonds is 1. The van der Waals surface area contributed by atoms with Gasteiger partial charge in [-0.15, -0.1) is 0 Å². The van der Waals surface area contributed by atoms with Crippen molar-refractivity contribution in [1.29, 1.82) is 0 Å². The van der Waals surface area contributed by atoms with Crippen LogP contribution in [0.4, 0.5) is 30.2 Å². The van der Waals surface area contributed by atoms with Crippen molar-refractivity contribution in [3.8, 4) is 0 Å². The molecule has 0 saturated carbocycles. The molecule has 22 heavy (non-hydrogen) atoms. The Hall–Kier alpha value is -2.70. The molecule has 2 N–H and O–H groups in total. The lowest BCUT2D eigenvalue weighted by molar-refractivity contribution is -0.137. The van der Waals surface area contributed by atoms with Crippen LogP contribution in [0.15, 0.2) is 42.7 Å². The molecule has 0 fully saturated rings. The first-order valence-corrected chi connectivity index (χ1v) is 6.68. The number of imidazole rings is 1. The van der Waals surface area contributed by atoms with Gasteiger partial charge in [-0.05, 0) is 36.4 Å². The fourth-order valence-corrected chi connectivity index (χ4v) is 2.66. The minimum absolute atomic E-state index is 0.427. The fourth-order valence-electron chi connectivity index (χ4n) is 2.66. The average molecular weight is 304 g/mol. The monoisotopic (exact) mass is 304 g/mol. The van der Waals surface area contributed by atoms with E-state index in [-0.39, 0.29) is 0 Å². The predicted octanol–water partition coefficient (Wildman–Crippen LogP) is 4.10. The van der Waals surface area contributed by atoms with E-state index < -0.39 is 11.7 Å². The predicted molar refractivity (Wildman–Crippen MR) is 78.2 cm³/mol. The Kier molecular flexibility index (Phi) is 2.60. The van der Waals surface area contributed by atoms with Crippen molar-refractivity contribution in [3.05, 3.63) is 48.3 Å². The van der Waals surface area contributed by atoms with Crippen molar-refractivity contribution < 1.29 is 13.2 Å². The van der Waals surface area contributed by atoms with Gasteiger partial charge in [0.25, 0.3) is 0 Å². The molecule has 0 spiro atoms. The van der Waals surface area contributed by atoms with E-state index in [0.717, 1.165) is 34.5 Å². The largest absolute Gasteiger partial charge is 0.416 e. The third-order valence-electron chi connectivity index (χ3n) is 3.76. The SMILES string of the molecule is FC(F)(F)c1ccc2c(c1)NCN2c1ccc2nc[nH]c2c1. The molecule has 4 nitrogen and oxygen atoms in total. The van der Waals surface area contributed by atoms with Gasteiger partial charge in [-0.25, -0.2) is 4.98 Å². The minimum atomic E-state index is -4.33. The summed E-state index contributed by atoms with van der Waals surface area (Å²) >= 11 is 0. The van der Waals surface area contributed by atoms with E-state index in [2.05, 4.69) is 15.3 Å². The molecule has 0 saturated heterocycles. The molecule has 1 aliphatic rings. The number of alkyl halides is 3. The van der Waals surface area contributed by atoms with Crippen LogP contribution in [0.5, 0.6) is 0 Å². The molecule has 0 unspecified atom stereocenters. The van der Waals surface area contributed by atoms with E-state index in [1.165, 1.54) is 6.07 Å². The molecule has 0 radical (unpaired) electrons. The number of anilines is 3. The second-order valence-electron chi connectivity index (χ2n) is 5.10. The zero-order chi connectivity index (χ0) is 15.3. The molecule has 1 aromatic heterocycles. The van der Waals surface area contributed by atoms with Crippen LogP contribution in [0.2, 0.25) is 0 Å². The molecule has 2 heterocycles. The maximum Gasteiger partial charge on any atom is 0.416 e. The van der Waals surface area contributed by atoms with E-state index in [4.69, 9.17) is 0 Å². The molecule has 3 aromatic rings. The number of aromatic amines is 1. The first kappa shape index (κ1) is 13.0. The Balaban J connectivity index is 1.75. The maximum atomic E-state index is 12.8. The van der Waals surface area contributed by atoms with Crippen molar-refractivity contribution in [3.63, 3.8) is 0 Å². The van der Waals surface area contributed by atoms with E-state index >= 15 is 0 Å². The lowest BCUT2D eigenvalue weighted by atomic mass is 10.1. The van der Waals surface area contributed by atoms with E-state index in [9.17, 15) is 13.2 Å². The van der Waals surface area contributed by atoms with Crippen LogP contribution in [0.25, 0.3) is 11.0 Å². The summed E-state index contributed by atoms with van der Waals surface area (Å²) in [6, 6.07) is 9.45. The number of benzene rings is 2. The summed E-state index contributed by atoms with van der Waals surface area (Å²) in [6.07, 6.45) is -2.72. The minimum Gasteiger partial charge on any atom is -0.366 e. The molecule has 0 bridgehead atoms. The molecule has 1 aliphatic heterocycles. The van der Waals surface area contributed by atoms with E-state index in [1.54, 1.807) is 6.33 Å². The maximum absolute atomic E-state index is 12.8. The molecule has 4 rings (SSSR count). The van der Waals surface area contributed by atoms with Gasteiger partial charge < -0.3 is 15.2 Å². The Bertz CT molecular complexity index is 853.